The second kappa shape index (κ2) is 12.7. The summed E-state index contributed by atoms with van der Waals surface area (Å²) in [4.78, 5) is 19.8. The van der Waals surface area contributed by atoms with E-state index in [1.54, 1.807) is 23.9 Å². The Hall–Kier alpha value is -2.72. The topological polar surface area (TPSA) is 71.2 Å². The average Bonchev–Trinajstić information content (AvgIpc) is 2.84. The van der Waals surface area contributed by atoms with Crippen molar-refractivity contribution in [3.05, 3.63) is 64.2 Å². The van der Waals surface area contributed by atoms with Crippen LogP contribution >= 0.6 is 11.8 Å². The number of aliphatic imine (C=N–C) groups is 1. The van der Waals surface area contributed by atoms with E-state index in [4.69, 9.17) is 4.74 Å². The Morgan fingerprint density at radius 1 is 1.18 bits per heavy atom. The summed E-state index contributed by atoms with van der Waals surface area (Å²) in [7, 11) is 2.05. The van der Waals surface area contributed by atoms with E-state index in [-0.39, 0.29) is 5.69 Å². The van der Waals surface area contributed by atoms with Gasteiger partial charge < -0.3 is 14.5 Å². The Labute approximate surface area is 202 Å². The molecule has 0 aliphatic carbocycles. The first-order chi connectivity index (χ1) is 16.4. The molecular weight excluding hydrogens is 462 g/mol. The molecule has 0 atom stereocenters. The Morgan fingerprint density at radius 2 is 1.88 bits per heavy atom. The lowest BCUT2D eigenvalue weighted by atomic mass is 10.0. The van der Waals surface area contributed by atoms with Crippen LogP contribution in [-0.2, 0) is 0 Å². The number of benzene rings is 2. The predicted octanol–water partition coefficient (Wildman–Crippen LogP) is 5.48. The Morgan fingerprint density at radius 3 is 2.50 bits per heavy atom. The lowest BCUT2D eigenvalue weighted by Gasteiger charge is -2.37. The van der Waals surface area contributed by atoms with Crippen molar-refractivity contribution >= 4 is 28.3 Å². The third-order valence-electron chi connectivity index (χ3n) is 5.90. The molecule has 0 bridgehead atoms. The first-order valence-electron chi connectivity index (χ1n) is 11.3. The van der Waals surface area contributed by atoms with E-state index in [0.717, 1.165) is 62.6 Å². The summed E-state index contributed by atoms with van der Waals surface area (Å²) in [5.41, 5.74) is 0.756. The Balaban J connectivity index is 1.39. The van der Waals surface area contributed by atoms with Gasteiger partial charge in [-0.15, -0.1) is 0 Å². The van der Waals surface area contributed by atoms with Gasteiger partial charge in [0.2, 0.25) is 0 Å². The van der Waals surface area contributed by atoms with E-state index < -0.39 is 16.6 Å². The second-order valence-corrected chi connectivity index (χ2v) is 8.96. The quantitative estimate of drug-likeness (QED) is 0.152. The first-order valence-corrected chi connectivity index (χ1v) is 12.5. The Kier molecular flexibility index (Phi) is 9.64. The van der Waals surface area contributed by atoms with Crippen LogP contribution in [0.25, 0.3) is 0 Å². The van der Waals surface area contributed by atoms with E-state index >= 15 is 0 Å². The minimum atomic E-state index is -0.896. The van der Waals surface area contributed by atoms with Crippen molar-refractivity contribution in [1.82, 2.24) is 9.80 Å². The minimum absolute atomic E-state index is 0.0568. The van der Waals surface area contributed by atoms with Gasteiger partial charge in [0.05, 0.1) is 17.2 Å². The standard InChI is InChI=1S/C24H30F2N4O3S/c1-28(24(34-2)27-18-5-7-20(8-6-18)30(31)32)19-11-14-29(15-12-19)13-3-4-16-33-21-9-10-22(25)23(26)17-21/h5-10,17,19H,3-4,11-16H2,1-2H3. The molecule has 0 aromatic heterocycles. The normalized spacial score (nSPS) is 15.4. The third-order valence-corrected chi connectivity index (χ3v) is 6.65. The number of nitrogens with zero attached hydrogens (tertiary/aromatic N) is 4. The number of ether oxygens (including phenoxy) is 1. The molecule has 1 saturated heterocycles. The monoisotopic (exact) mass is 492 g/mol. The van der Waals surface area contributed by atoms with Gasteiger partial charge in [0.25, 0.3) is 5.69 Å². The van der Waals surface area contributed by atoms with Crippen LogP contribution in [0.3, 0.4) is 0 Å². The van der Waals surface area contributed by atoms with Gasteiger partial charge in [-0.2, -0.15) is 0 Å². The van der Waals surface area contributed by atoms with Gasteiger partial charge in [0.1, 0.15) is 5.75 Å². The van der Waals surface area contributed by atoms with Crippen molar-refractivity contribution < 1.29 is 18.4 Å². The zero-order valence-corrected chi connectivity index (χ0v) is 20.3. The average molecular weight is 493 g/mol. The number of non-ortho nitro benzene ring substituents is 1. The maximum atomic E-state index is 13.2. The van der Waals surface area contributed by atoms with Crippen molar-refractivity contribution in [2.24, 2.45) is 4.99 Å². The van der Waals surface area contributed by atoms with Crippen LogP contribution < -0.4 is 4.74 Å². The van der Waals surface area contributed by atoms with E-state index in [1.807, 2.05) is 6.26 Å². The van der Waals surface area contributed by atoms with Crippen LogP contribution in [-0.4, -0.2) is 65.5 Å². The second-order valence-electron chi connectivity index (χ2n) is 8.19. The third kappa shape index (κ3) is 7.39. The van der Waals surface area contributed by atoms with E-state index in [0.29, 0.717) is 24.1 Å². The van der Waals surface area contributed by atoms with Crippen LogP contribution in [0.15, 0.2) is 47.5 Å². The molecule has 3 rings (SSSR count). The zero-order valence-electron chi connectivity index (χ0n) is 19.5. The fourth-order valence-corrected chi connectivity index (χ4v) is 4.54. The highest BCUT2D eigenvalue weighted by atomic mass is 32.2. The number of nitro benzene ring substituents is 1. The van der Waals surface area contributed by atoms with Gasteiger partial charge >= 0.3 is 0 Å². The number of amidine groups is 1. The molecule has 1 aliphatic rings. The van der Waals surface area contributed by atoms with Gasteiger partial charge in [-0.25, -0.2) is 13.8 Å². The molecule has 10 heteroatoms. The molecule has 2 aromatic rings. The fourth-order valence-electron chi connectivity index (χ4n) is 3.91. The lowest BCUT2D eigenvalue weighted by Crippen LogP contribution is -2.45. The van der Waals surface area contributed by atoms with Gasteiger partial charge in [-0.1, -0.05) is 11.8 Å². The number of halogens is 2. The molecule has 1 fully saturated rings. The number of hydrogen-bond donors (Lipinski definition) is 0. The van der Waals surface area contributed by atoms with Crippen LogP contribution in [0.1, 0.15) is 25.7 Å². The molecule has 2 aromatic carbocycles. The summed E-state index contributed by atoms with van der Waals surface area (Å²) in [6.45, 7) is 3.45. The molecule has 1 heterocycles. The molecule has 0 N–H and O–H groups in total. The summed E-state index contributed by atoms with van der Waals surface area (Å²) >= 11 is 1.57. The fraction of sp³-hybridized carbons (Fsp3) is 0.458. The van der Waals surface area contributed by atoms with Crippen LogP contribution in [0.2, 0.25) is 0 Å². The van der Waals surface area contributed by atoms with E-state index in [2.05, 4.69) is 21.8 Å². The molecule has 0 amide bonds. The number of likely N-dealkylation sites (tertiary alicyclic amines) is 1. The summed E-state index contributed by atoms with van der Waals surface area (Å²) < 4.78 is 31.7. The number of thioether (sulfide) groups is 1. The summed E-state index contributed by atoms with van der Waals surface area (Å²) in [5, 5.41) is 11.7. The van der Waals surface area contributed by atoms with Crippen molar-refractivity contribution in [3.8, 4) is 5.75 Å². The number of piperidine rings is 1. The lowest BCUT2D eigenvalue weighted by molar-refractivity contribution is -0.384. The van der Waals surface area contributed by atoms with Crippen molar-refractivity contribution in [2.75, 3.05) is 39.5 Å². The molecule has 1 aliphatic heterocycles. The van der Waals surface area contributed by atoms with E-state index in [9.17, 15) is 18.9 Å². The molecule has 7 nitrogen and oxygen atoms in total. The van der Waals surface area contributed by atoms with Crippen molar-refractivity contribution in [3.63, 3.8) is 0 Å². The van der Waals surface area contributed by atoms with Gasteiger partial charge in [0, 0.05) is 44.4 Å². The maximum Gasteiger partial charge on any atom is 0.269 e. The van der Waals surface area contributed by atoms with Crippen LogP contribution in [0.5, 0.6) is 5.75 Å². The SMILES string of the molecule is CSC(=Nc1ccc([N+](=O)[O-])cc1)N(C)C1CCN(CCCCOc2ccc(F)c(F)c2)CC1. The largest absolute Gasteiger partial charge is 0.493 e. The number of nitro groups is 1. The molecule has 0 unspecified atom stereocenters. The molecule has 0 radical (unpaired) electrons. The van der Waals surface area contributed by atoms with Crippen molar-refractivity contribution in [2.45, 2.75) is 31.7 Å². The first kappa shape index (κ1) is 25.9. The summed E-state index contributed by atoms with van der Waals surface area (Å²) in [6, 6.07) is 10.2. The summed E-state index contributed by atoms with van der Waals surface area (Å²) in [5.74, 6) is -1.42. The molecule has 184 valence electrons. The number of hydrogen-bond acceptors (Lipinski definition) is 6. The van der Waals surface area contributed by atoms with Gasteiger partial charge in [0.15, 0.2) is 16.8 Å². The maximum absolute atomic E-state index is 13.2. The van der Waals surface area contributed by atoms with Crippen molar-refractivity contribution in [1.29, 1.82) is 0 Å². The Bertz CT molecular complexity index is 983. The predicted molar refractivity (Wildman–Crippen MR) is 132 cm³/mol. The highest BCUT2D eigenvalue weighted by molar-refractivity contribution is 8.13. The van der Waals surface area contributed by atoms with Gasteiger partial charge in [-0.05, 0) is 62.7 Å². The highest BCUT2D eigenvalue weighted by Gasteiger charge is 2.24. The molecule has 34 heavy (non-hydrogen) atoms. The zero-order chi connectivity index (χ0) is 24.5. The molecule has 0 saturated carbocycles. The number of rotatable bonds is 9. The minimum Gasteiger partial charge on any atom is -0.493 e. The van der Waals surface area contributed by atoms with Crippen LogP contribution in [0, 0.1) is 21.7 Å². The smallest absolute Gasteiger partial charge is 0.269 e. The van der Waals surface area contributed by atoms with Crippen LogP contribution in [0.4, 0.5) is 20.2 Å². The molecule has 0 spiro atoms. The van der Waals surface area contributed by atoms with Gasteiger partial charge in [-0.3, -0.25) is 10.1 Å². The summed E-state index contributed by atoms with van der Waals surface area (Å²) in [6.07, 6.45) is 5.86. The highest BCUT2D eigenvalue weighted by Crippen LogP contribution is 2.23. The number of unbranched alkanes of at least 4 members (excludes halogenated alkanes) is 1. The molecular formula is C24H30F2N4O3S. The van der Waals surface area contributed by atoms with E-state index in [1.165, 1.54) is 18.2 Å².